The Morgan fingerprint density at radius 1 is 0.305 bits per heavy atom. The average Bonchev–Trinajstić information content (AvgIpc) is 1.99. The van der Waals surface area contributed by atoms with E-state index in [9.17, 15) is 0 Å². The molecule has 5 aromatic heterocycles. The van der Waals surface area contributed by atoms with Gasteiger partial charge in [-0.3, -0.25) is 0 Å². The predicted octanol–water partition coefficient (Wildman–Crippen LogP) is 19.2. The molecule has 5 heterocycles. The summed E-state index contributed by atoms with van der Waals surface area (Å²) in [4.78, 5) is 0. The van der Waals surface area contributed by atoms with E-state index < -0.39 is 0 Å². The number of benzene rings is 12. The van der Waals surface area contributed by atoms with Crippen molar-refractivity contribution >= 4 is 114 Å². The molecule has 9 nitrogen and oxygen atoms in total. The van der Waals surface area contributed by atoms with Crippen molar-refractivity contribution in [3.05, 3.63) is 271 Å². The predicted molar refractivity (Wildman–Crippen MR) is 337 cm³/mol. The van der Waals surface area contributed by atoms with Crippen molar-refractivity contribution in [3.8, 4) is 51.4 Å². The molecule has 0 aliphatic heterocycles. The van der Waals surface area contributed by atoms with Crippen LogP contribution in [-0.2, 0) is 0 Å². The van der Waals surface area contributed by atoms with Gasteiger partial charge >= 0.3 is 0 Å². The molecular weight excluding hydrogens is 1070 g/mol. The molecule has 386 valence electrons. The van der Waals surface area contributed by atoms with Crippen LogP contribution in [0.25, 0.3) is 127 Å². The van der Waals surface area contributed by atoms with Gasteiger partial charge in [0.15, 0.2) is 5.75 Å². The van der Waals surface area contributed by atoms with Gasteiger partial charge in [0.2, 0.25) is 0 Å². The first-order valence-corrected chi connectivity index (χ1v) is 28.1. The minimum atomic E-state index is 0.589. The Bertz CT molecular complexity index is 5440. The lowest BCUT2D eigenvalue weighted by molar-refractivity contribution is 0.456. The van der Waals surface area contributed by atoms with Gasteiger partial charge in [-0.05, 0) is 137 Å². The van der Waals surface area contributed by atoms with Gasteiger partial charge in [0.1, 0.15) is 28.5 Å². The van der Waals surface area contributed by atoms with Crippen molar-refractivity contribution in [2.45, 2.75) is 0 Å². The Kier molecular flexibility index (Phi) is 10.3. The molecule has 82 heavy (non-hydrogen) atoms. The van der Waals surface area contributed by atoms with Gasteiger partial charge < -0.3 is 27.7 Å². The lowest BCUT2D eigenvalue weighted by atomic mass is 10.1. The number of aromatic nitrogens is 7. The van der Waals surface area contributed by atoms with Crippen LogP contribution in [0.2, 0.25) is 0 Å². The number of hydrogen-bond donors (Lipinski definition) is 0. The van der Waals surface area contributed by atoms with E-state index in [1.807, 2.05) is 59.3 Å². The summed E-state index contributed by atoms with van der Waals surface area (Å²) in [7, 11) is 0. The first kappa shape index (κ1) is 46.3. The summed E-state index contributed by atoms with van der Waals surface area (Å²) in [6.07, 6.45) is 0. The minimum absolute atomic E-state index is 0.589. The highest BCUT2D eigenvalue weighted by Gasteiger charge is 2.26. The lowest BCUT2D eigenvalue weighted by Gasteiger charge is -2.18. The first-order chi connectivity index (χ1) is 40.6. The Hall–Kier alpha value is -10.7. The van der Waals surface area contributed by atoms with Gasteiger partial charge in [-0.25, -0.2) is 4.68 Å². The van der Waals surface area contributed by atoms with Crippen LogP contribution in [0.1, 0.15) is 0 Å². The van der Waals surface area contributed by atoms with Crippen LogP contribution < -0.4 is 9.47 Å². The van der Waals surface area contributed by atoms with Crippen LogP contribution >= 0.6 is 15.9 Å². The molecule has 0 aliphatic rings. The topological polar surface area (TPSA) is 68.9 Å². The van der Waals surface area contributed by atoms with Gasteiger partial charge in [0.05, 0.1) is 65.5 Å². The molecule has 12 aromatic carbocycles. The van der Waals surface area contributed by atoms with E-state index in [0.717, 1.165) is 87.9 Å². The Balaban J connectivity index is 0.792. The quantitative estimate of drug-likeness (QED) is 0.144. The molecule has 0 spiro atoms. The van der Waals surface area contributed by atoms with Gasteiger partial charge in [-0.15, -0.1) is 5.10 Å². The van der Waals surface area contributed by atoms with E-state index in [1.165, 1.54) is 43.2 Å². The van der Waals surface area contributed by atoms with E-state index in [2.05, 4.69) is 252 Å². The summed E-state index contributed by atoms with van der Waals surface area (Å²) in [5.41, 5.74) is 15.4. The number of fused-ring (bicyclic) bond motifs is 15. The number of hydrogen-bond acceptors (Lipinski definition) is 4. The third kappa shape index (κ3) is 6.85. The third-order valence-corrected chi connectivity index (χ3v) is 17.0. The van der Waals surface area contributed by atoms with Gasteiger partial charge in [0, 0.05) is 60.5 Å². The standard InChI is InChI=1S/C72H44BrN7O2/c73-71-63(78-56-33-14-9-28-51(56)69-61(78)42-40-59-67(69)49-26-7-12-31-54(49)76(59)45-20-3-1-4-21-45)36-18-38-65(71)81-47-24-17-25-48(44-47)82-66-39-19-37-64(72(66)80-58-35-16-11-30-53(58)74-75-80)79-57-34-15-10-29-52(57)70-62(79)43-41-60-68(70)50-27-8-13-32-55(50)77(60)46-22-5-2-6-23-46/h1-44H. The SMILES string of the molecule is Brc1c(Oc2cccc(Oc3cccc(-n4c5ccccc5c5c6c7ccccc7n(-c7ccccc7)c6ccc54)c3-n3nnc4ccccc43)c2)cccc1-n1c2ccccc2c2c3c4ccccc4n(-c4ccccc4)c3ccc21. The fraction of sp³-hybridized carbons (Fsp3) is 0. The normalized spacial score (nSPS) is 12.0. The van der Waals surface area contributed by atoms with E-state index in [-0.39, 0.29) is 0 Å². The highest BCUT2D eigenvalue weighted by Crippen LogP contribution is 2.47. The zero-order valence-electron chi connectivity index (χ0n) is 43.7. The molecule has 0 amide bonds. The van der Waals surface area contributed by atoms with Crippen LogP contribution in [0.5, 0.6) is 23.0 Å². The molecule has 0 bridgehead atoms. The zero-order valence-corrected chi connectivity index (χ0v) is 45.3. The maximum atomic E-state index is 7.11. The van der Waals surface area contributed by atoms with Crippen molar-refractivity contribution in [1.82, 2.24) is 33.3 Å². The second-order valence-corrected chi connectivity index (χ2v) is 21.5. The first-order valence-electron chi connectivity index (χ1n) is 27.3. The van der Waals surface area contributed by atoms with Crippen LogP contribution in [0.15, 0.2) is 271 Å². The Morgan fingerprint density at radius 3 is 1.22 bits per heavy atom. The number of para-hydroxylation sites is 8. The van der Waals surface area contributed by atoms with Crippen molar-refractivity contribution in [3.63, 3.8) is 0 Å². The summed E-state index contributed by atoms with van der Waals surface area (Å²) in [6, 6.07) is 93.3. The Labute approximate surface area is 477 Å². The molecule has 0 saturated heterocycles. The molecule has 0 N–H and O–H groups in total. The van der Waals surface area contributed by atoms with Crippen molar-refractivity contribution < 1.29 is 9.47 Å². The maximum Gasteiger partial charge on any atom is 0.155 e. The summed E-state index contributed by atoms with van der Waals surface area (Å²) >= 11 is 4.08. The number of halogens is 1. The molecule has 0 fully saturated rings. The van der Waals surface area contributed by atoms with Crippen molar-refractivity contribution in [1.29, 1.82) is 0 Å². The molecule has 10 heteroatoms. The van der Waals surface area contributed by atoms with Crippen molar-refractivity contribution in [2.24, 2.45) is 0 Å². The van der Waals surface area contributed by atoms with E-state index in [4.69, 9.17) is 14.7 Å². The average molecular weight is 1120 g/mol. The third-order valence-electron chi connectivity index (χ3n) is 16.2. The van der Waals surface area contributed by atoms with Crippen LogP contribution in [0.3, 0.4) is 0 Å². The number of nitrogens with zero attached hydrogens (tertiary/aromatic N) is 7. The molecule has 0 aliphatic carbocycles. The number of rotatable bonds is 9. The molecule has 0 atom stereocenters. The van der Waals surface area contributed by atoms with Gasteiger partial charge in [-0.2, -0.15) is 0 Å². The maximum absolute atomic E-state index is 7.11. The van der Waals surface area contributed by atoms with E-state index in [0.29, 0.717) is 23.0 Å². The summed E-state index contributed by atoms with van der Waals surface area (Å²) in [5.74, 6) is 2.45. The highest BCUT2D eigenvalue weighted by molar-refractivity contribution is 9.10. The molecule has 17 aromatic rings. The van der Waals surface area contributed by atoms with Crippen LogP contribution in [0.4, 0.5) is 0 Å². The van der Waals surface area contributed by atoms with Gasteiger partial charge in [-0.1, -0.05) is 145 Å². The van der Waals surface area contributed by atoms with Crippen molar-refractivity contribution in [2.75, 3.05) is 0 Å². The second kappa shape index (κ2) is 18.2. The molecule has 0 unspecified atom stereocenters. The van der Waals surface area contributed by atoms with E-state index >= 15 is 0 Å². The molecule has 0 radical (unpaired) electrons. The lowest BCUT2D eigenvalue weighted by Crippen LogP contribution is -2.07. The van der Waals surface area contributed by atoms with Gasteiger partial charge in [0.25, 0.3) is 0 Å². The van der Waals surface area contributed by atoms with Crippen LogP contribution in [0, 0.1) is 0 Å². The number of ether oxygens (including phenoxy) is 2. The second-order valence-electron chi connectivity index (χ2n) is 20.7. The zero-order chi connectivity index (χ0) is 54.0. The fourth-order valence-corrected chi connectivity index (χ4v) is 13.4. The summed E-state index contributed by atoms with van der Waals surface area (Å²) < 4.78 is 26.2. The smallest absolute Gasteiger partial charge is 0.155 e. The largest absolute Gasteiger partial charge is 0.456 e. The molecule has 0 saturated carbocycles. The summed E-state index contributed by atoms with van der Waals surface area (Å²) in [5, 5.41) is 19.0. The van der Waals surface area contributed by atoms with Crippen LogP contribution in [-0.4, -0.2) is 33.3 Å². The monoisotopic (exact) mass is 1120 g/mol. The Morgan fingerprint density at radius 2 is 0.695 bits per heavy atom. The fourth-order valence-electron chi connectivity index (χ4n) is 12.9. The summed E-state index contributed by atoms with van der Waals surface area (Å²) in [6.45, 7) is 0. The minimum Gasteiger partial charge on any atom is -0.456 e. The molecular formula is C72H44BrN7O2. The highest BCUT2D eigenvalue weighted by atomic mass is 79.9. The van der Waals surface area contributed by atoms with E-state index in [1.54, 1.807) is 0 Å². The molecule has 17 rings (SSSR count).